The Morgan fingerprint density at radius 1 is 1.22 bits per heavy atom. The summed E-state index contributed by atoms with van der Waals surface area (Å²) in [7, 11) is 1.61. The SMILES string of the molecule is COc1ccc(NC(=O)Nc2nc3c(s2)C[C@@]2(C)CC[C@@H]4[C@H](OC(=O)[C@H]4C)[C@H]2[C@@H]3C)cc1. The lowest BCUT2D eigenvalue weighted by Crippen LogP contribution is -2.50. The third-order valence-corrected chi connectivity index (χ3v) is 8.71. The first kappa shape index (κ1) is 21.2. The van der Waals surface area contributed by atoms with Gasteiger partial charge in [-0.15, -0.1) is 11.3 Å². The fourth-order valence-corrected chi connectivity index (χ4v) is 7.33. The maximum atomic E-state index is 12.5. The van der Waals surface area contributed by atoms with Crippen LogP contribution in [0.3, 0.4) is 0 Å². The van der Waals surface area contributed by atoms with Gasteiger partial charge < -0.3 is 14.8 Å². The van der Waals surface area contributed by atoms with Crippen LogP contribution >= 0.6 is 11.3 Å². The van der Waals surface area contributed by atoms with Crippen LogP contribution in [0.15, 0.2) is 24.3 Å². The number of rotatable bonds is 3. The molecule has 1 saturated carbocycles. The van der Waals surface area contributed by atoms with E-state index in [1.54, 1.807) is 42.7 Å². The van der Waals surface area contributed by atoms with Gasteiger partial charge in [0.25, 0.3) is 0 Å². The van der Waals surface area contributed by atoms with E-state index in [9.17, 15) is 9.59 Å². The van der Waals surface area contributed by atoms with Gasteiger partial charge in [0.2, 0.25) is 0 Å². The Bertz CT molecular complexity index is 1050. The summed E-state index contributed by atoms with van der Waals surface area (Å²) in [5.41, 5.74) is 1.79. The molecule has 3 aliphatic rings. The minimum absolute atomic E-state index is 0.0209. The van der Waals surface area contributed by atoms with Crippen LogP contribution in [-0.4, -0.2) is 30.2 Å². The number of anilines is 2. The molecule has 32 heavy (non-hydrogen) atoms. The van der Waals surface area contributed by atoms with Crippen LogP contribution < -0.4 is 15.4 Å². The van der Waals surface area contributed by atoms with E-state index in [4.69, 9.17) is 14.5 Å². The monoisotopic (exact) mass is 455 g/mol. The number of urea groups is 1. The van der Waals surface area contributed by atoms with Crippen molar-refractivity contribution in [2.24, 2.45) is 23.2 Å². The number of amides is 2. The quantitative estimate of drug-likeness (QED) is 0.632. The van der Waals surface area contributed by atoms with Gasteiger partial charge in [0.05, 0.1) is 18.7 Å². The van der Waals surface area contributed by atoms with Crippen LogP contribution in [0.1, 0.15) is 50.1 Å². The van der Waals surface area contributed by atoms with Crippen molar-refractivity contribution in [1.82, 2.24) is 4.98 Å². The molecule has 6 atom stereocenters. The minimum atomic E-state index is -0.323. The molecule has 2 aliphatic carbocycles. The Labute approximate surface area is 191 Å². The largest absolute Gasteiger partial charge is 0.497 e. The highest BCUT2D eigenvalue weighted by atomic mass is 32.1. The van der Waals surface area contributed by atoms with Crippen molar-refractivity contribution in [3.63, 3.8) is 0 Å². The van der Waals surface area contributed by atoms with Crippen LogP contribution in [0.2, 0.25) is 0 Å². The summed E-state index contributed by atoms with van der Waals surface area (Å²) < 4.78 is 11.0. The first-order valence-electron chi connectivity index (χ1n) is 11.2. The number of carbonyl (C=O) groups excluding carboxylic acids is 2. The van der Waals surface area contributed by atoms with Crippen molar-refractivity contribution in [1.29, 1.82) is 0 Å². The van der Waals surface area contributed by atoms with E-state index >= 15 is 0 Å². The van der Waals surface area contributed by atoms with Crippen molar-refractivity contribution in [2.75, 3.05) is 17.7 Å². The molecule has 7 nitrogen and oxygen atoms in total. The van der Waals surface area contributed by atoms with Gasteiger partial charge in [-0.25, -0.2) is 9.78 Å². The molecule has 2 N–H and O–H groups in total. The summed E-state index contributed by atoms with van der Waals surface area (Å²) in [5, 5.41) is 6.33. The van der Waals surface area contributed by atoms with E-state index in [0.29, 0.717) is 16.7 Å². The molecule has 0 spiro atoms. The molecule has 170 valence electrons. The van der Waals surface area contributed by atoms with Crippen LogP contribution in [0, 0.1) is 23.2 Å². The second-order valence-corrected chi connectivity index (χ2v) is 10.8. The number of hydrogen-bond donors (Lipinski definition) is 2. The van der Waals surface area contributed by atoms with Gasteiger partial charge in [-0.2, -0.15) is 0 Å². The van der Waals surface area contributed by atoms with Crippen molar-refractivity contribution >= 4 is 34.2 Å². The molecule has 0 radical (unpaired) electrons. The smallest absolute Gasteiger partial charge is 0.325 e. The first-order chi connectivity index (χ1) is 15.3. The zero-order valence-electron chi connectivity index (χ0n) is 18.8. The van der Waals surface area contributed by atoms with E-state index < -0.39 is 0 Å². The molecule has 1 aromatic heterocycles. The standard InChI is InChI=1S/C24H29N3O4S/c1-12-16-9-10-24(3)11-17-19(13(2)18(24)20(16)31-21(12)28)26-23(32-17)27-22(29)25-14-5-7-15(30-4)8-6-14/h5-8,12-13,16,18,20H,9-11H2,1-4H3,(H2,25,26,27,29)/t12-,13-,16-,18+,20-,24+/m0/s1. The highest BCUT2D eigenvalue weighted by molar-refractivity contribution is 7.15. The van der Waals surface area contributed by atoms with E-state index in [1.807, 2.05) is 6.92 Å². The predicted molar refractivity (Wildman–Crippen MR) is 123 cm³/mol. The van der Waals surface area contributed by atoms with Crippen molar-refractivity contribution < 1.29 is 19.1 Å². The number of fused-ring (bicyclic) bond motifs is 4. The summed E-state index contributed by atoms with van der Waals surface area (Å²) in [6.45, 7) is 6.52. The summed E-state index contributed by atoms with van der Waals surface area (Å²) in [6.07, 6.45) is 2.99. The molecule has 2 fully saturated rings. The van der Waals surface area contributed by atoms with Crippen LogP contribution in [-0.2, 0) is 16.0 Å². The lowest BCUT2D eigenvalue weighted by Gasteiger charge is -2.51. The second-order valence-electron chi connectivity index (χ2n) is 9.67. The number of ether oxygens (including phenoxy) is 2. The number of carbonyl (C=O) groups is 2. The molecule has 0 unspecified atom stereocenters. The molecule has 2 heterocycles. The van der Waals surface area contributed by atoms with Gasteiger partial charge in [-0.1, -0.05) is 20.8 Å². The number of methoxy groups -OCH3 is 1. The summed E-state index contributed by atoms with van der Waals surface area (Å²) in [4.78, 5) is 30.8. The average molecular weight is 456 g/mol. The number of nitrogens with one attached hydrogen (secondary N) is 2. The number of benzene rings is 1. The lowest BCUT2D eigenvalue weighted by atomic mass is 9.54. The van der Waals surface area contributed by atoms with Gasteiger partial charge in [-0.05, 0) is 48.9 Å². The van der Waals surface area contributed by atoms with Crippen molar-refractivity contribution in [3.05, 3.63) is 34.8 Å². The first-order valence-corrected chi connectivity index (χ1v) is 12.0. The van der Waals surface area contributed by atoms with Crippen molar-refractivity contribution in [2.45, 2.75) is 52.1 Å². The molecule has 1 saturated heterocycles. The third-order valence-electron chi connectivity index (χ3n) is 7.73. The molecule has 1 aromatic carbocycles. The number of hydrogen-bond acceptors (Lipinski definition) is 6. The molecule has 8 heteroatoms. The topological polar surface area (TPSA) is 89.6 Å². The van der Waals surface area contributed by atoms with Gasteiger partial charge in [-0.3, -0.25) is 10.1 Å². The number of thiazole rings is 1. The average Bonchev–Trinajstić information content (AvgIpc) is 3.27. The predicted octanol–water partition coefficient (Wildman–Crippen LogP) is 5.05. The number of aromatic nitrogens is 1. The molecule has 5 rings (SSSR count). The van der Waals surface area contributed by atoms with Gasteiger partial charge in [0, 0.05) is 28.3 Å². The highest BCUT2D eigenvalue weighted by Gasteiger charge is 2.58. The maximum absolute atomic E-state index is 12.5. The summed E-state index contributed by atoms with van der Waals surface area (Å²) in [5.74, 6) is 1.38. The zero-order valence-corrected chi connectivity index (χ0v) is 19.6. The third kappa shape index (κ3) is 3.45. The van der Waals surface area contributed by atoms with E-state index in [1.165, 1.54) is 4.88 Å². The van der Waals surface area contributed by atoms with Crippen LogP contribution in [0.4, 0.5) is 15.6 Å². The molecular weight excluding hydrogens is 426 g/mol. The van der Waals surface area contributed by atoms with Gasteiger partial charge in [0.15, 0.2) is 5.13 Å². The van der Waals surface area contributed by atoms with E-state index in [0.717, 1.165) is 30.7 Å². The normalized spacial score (nSPS) is 32.9. The van der Waals surface area contributed by atoms with Crippen molar-refractivity contribution in [3.8, 4) is 5.75 Å². The molecule has 2 aromatic rings. The minimum Gasteiger partial charge on any atom is -0.497 e. The number of nitrogens with zero attached hydrogens (tertiary/aromatic N) is 1. The van der Waals surface area contributed by atoms with Crippen LogP contribution in [0.5, 0.6) is 5.75 Å². The zero-order chi connectivity index (χ0) is 22.6. The fraction of sp³-hybridized carbons (Fsp3) is 0.542. The fourth-order valence-electron chi connectivity index (χ4n) is 6.07. The summed E-state index contributed by atoms with van der Waals surface area (Å²) in [6, 6.07) is 6.85. The second kappa shape index (κ2) is 7.76. The Balaban J connectivity index is 1.34. The number of esters is 1. The highest BCUT2D eigenvalue weighted by Crippen LogP contribution is 2.59. The Hall–Kier alpha value is -2.61. The van der Waals surface area contributed by atoms with E-state index in [2.05, 4.69) is 24.5 Å². The maximum Gasteiger partial charge on any atom is 0.325 e. The van der Waals surface area contributed by atoms with Gasteiger partial charge in [0.1, 0.15) is 11.9 Å². The van der Waals surface area contributed by atoms with E-state index in [-0.39, 0.29) is 41.3 Å². The molecule has 2 amide bonds. The Morgan fingerprint density at radius 2 is 1.97 bits per heavy atom. The Morgan fingerprint density at radius 3 is 2.69 bits per heavy atom. The molecule has 1 aliphatic heterocycles. The molecule has 0 bridgehead atoms. The van der Waals surface area contributed by atoms with Crippen LogP contribution in [0.25, 0.3) is 0 Å². The lowest BCUT2D eigenvalue weighted by molar-refractivity contribution is -0.149. The van der Waals surface area contributed by atoms with Gasteiger partial charge >= 0.3 is 12.0 Å². The summed E-state index contributed by atoms with van der Waals surface area (Å²) >= 11 is 1.55. The molecular formula is C24H29N3O4S. The Kier molecular flexibility index (Phi) is 5.15.